The molecule has 0 aliphatic carbocycles. The Labute approximate surface area is 158 Å². The van der Waals surface area contributed by atoms with E-state index < -0.39 is 5.60 Å². The van der Waals surface area contributed by atoms with E-state index in [1.807, 2.05) is 27.7 Å². The number of ether oxygens (including phenoxy) is 1. The Hall–Kier alpha value is -2.64. The van der Waals surface area contributed by atoms with Crippen molar-refractivity contribution < 1.29 is 18.8 Å². The molecule has 146 valence electrons. The molecule has 8 nitrogen and oxygen atoms in total. The first-order valence-electron chi connectivity index (χ1n) is 9.16. The van der Waals surface area contributed by atoms with Crippen molar-refractivity contribution in [1.29, 1.82) is 0 Å². The zero-order valence-electron chi connectivity index (χ0n) is 16.5. The largest absolute Gasteiger partial charge is 0.444 e. The Morgan fingerprint density at radius 2 is 1.93 bits per heavy atom. The molecule has 8 heteroatoms. The van der Waals surface area contributed by atoms with Gasteiger partial charge in [0, 0.05) is 24.8 Å². The highest BCUT2D eigenvalue weighted by atomic mass is 16.6. The number of aryl methyl sites for hydroxylation is 2. The summed E-state index contributed by atoms with van der Waals surface area (Å²) in [6, 6.07) is 1.75. The van der Waals surface area contributed by atoms with Gasteiger partial charge in [0.1, 0.15) is 5.60 Å². The van der Waals surface area contributed by atoms with Crippen LogP contribution in [0.2, 0.25) is 0 Å². The van der Waals surface area contributed by atoms with Crippen molar-refractivity contribution in [2.45, 2.75) is 59.1 Å². The molecular weight excluding hydrogens is 348 g/mol. The Balaban J connectivity index is 1.64. The summed E-state index contributed by atoms with van der Waals surface area (Å²) < 4.78 is 10.6. The Kier molecular flexibility index (Phi) is 5.08. The highest BCUT2D eigenvalue weighted by Crippen LogP contribution is 2.22. The summed E-state index contributed by atoms with van der Waals surface area (Å²) in [4.78, 5) is 30.9. The Morgan fingerprint density at radius 1 is 1.26 bits per heavy atom. The minimum atomic E-state index is -0.511. The van der Waals surface area contributed by atoms with Gasteiger partial charge in [0.25, 0.3) is 11.6 Å². The van der Waals surface area contributed by atoms with Crippen molar-refractivity contribution in [1.82, 2.24) is 20.4 Å². The van der Waals surface area contributed by atoms with Crippen LogP contribution in [0.5, 0.6) is 0 Å². The number of carbonyl (C=O) groups is 2. The average Bonchev–Trinajstić information content (AvgIpc) is 2.94. The maximum absolute atomic E-state index is 12.8. The average molecular weight is 374 g/mol. The molecule has 1 aliphatic heterocycles. The van der Waals surface area contributed by atoms with Crippen molar-refractivity contribution in [2.24, 2.45) is 0 Å². The van der Waals surface area contributed by atoms with Crippen LogP contribution in [0.4, 0.5) is 4.79 Å². The van der Waals surface area contributed by atoms with E-state index in [9.17, 15) is 9.59 Å². The van der Waals surface area contributed by atoms with Crippen molar-refractivity contribution in [3.8, 4) is 0 Å². The van der Waals surface area contributed by atoms with Gasteiger partial charge in [-0.3, -0.25) is 4.79 Å². The molecule has 3 heterocycles. The van der Waals surface area contributed by atoms with E-state index in [2.05, 4.69) is 15.5 Å². The second-order valence-electron chi connectivity index (χ2n) is 7.97. The van der Waals surface area contributed by atoms with Crippen LogP contribution in [0.15, 0.2) is 10.6 Å². The Bertz CT molecular complexity index is 860. The van der Waals surface area contributed by atoms with E-state index in [0.717, 1.165) is 0 Å². The van der Waals surface area contributed by atoms with E-state index in [1.54, 1.807) is 17.9 Å². The molecule has 27 heavy (non-hydrogen) atoms. The number of aromatic nitrogens is 2. The lowest BCUT2D eigenvalue weighted by Crippen LogP contribution is -2.47. The Morgan fingerprint density at radius 3 is 2.56 bits per heavy atom. The molecule has 1 fully saturated rings. The molecule has 1 N–H and O–H groups in total. The lowest BCUT2D eigenvalue weighted by Gasteiger charge is -2.33. The first-order chi connectivity index (χ1) is 12.6. The number of likely N-dealkylation sites (tertiary alicyclic amines) is 1. The van der Waals surface area contributed by atoms with Crippen molar-refractivity contribution >= 4 is 23.1 Å². The van der Waals surface area contributed by atoms with Gasteiger partial charge in [0.2, 0.25) is 0 Å². The highest BCUT2D eigenvalue weighted by Gasteiger charge is 2.28. The number of piperidine rings is 1. The zero-order chi connectivity index (χ0) is 19.8. The molecule has 0 saturated carbocycles. The summed E-state index contributed by atoms with van der Waals surface area (Å²) in [7, 11) is 0. The van der Waals surface area contributed by atoms with Gasteiger partial charge in [0.15, 0.2) is 0 Å². The van der Waals surface area contributed by atoms with E-state index in [1.165, 1.54) is 0 Å². The van der Waals surface area contributed by atoms with Crippen LogP contribution in [0.25, 0.3) is 11.1 Å². The monoisotopic (exact) mass is 374 g/mol. The SMILES string of the molecule is Cc1cc(C(=O)NC2CCN(C(=O)OC(C)(C)C)CC2)c2c(C)noc2n1. The molecule has 2 aromatic heterocycles. The number of rotatable bonds is 2. The van der Waals surface area contributed by atoms with E-state index in [-0.39, 0.29) is 18.0 Å². The first-order valence-corrected chi connectivity index (χ1v) is 9.16. The second-order valence-corrected chi connectivity index (χ2v) is 7.97. The fraction of sp³-hybridized carbons (Fsp3) is 0.579. The topological polar surface area (TPSA) is 97.6 Å². The molecule has 3 rings (SSSR count). The van der Waals surface area contributed by atoms with Gasteiger partial charge >= 0.3 is 6.09 Å². The molecule has 0 unspecified atom stereocenters. The van der Waals surface area contributed by atoms with Crippen LogP contribution < -0.4 is 5.32 Å². The van der Waals surface area contributed by atoms with Crippen LogP contribution in [0, 0.1) is 13.8 Å². The van der Waals surface area contributed by atoms with E-state index in [4.69, 9.17) is 9.26 Å². The third-order valence-corrected chi connectivity index (χ3v) is 4.47. The van der Waals surface area contributed by atoms with E-state index in [0.29, 0.717) is 54.0 Å². The molecule has 2 aromatic rings. The van der Waals surface area contributed by atoms with E-state index >= 15 is 0 Å². The quantitative estimate of drug-likeness (QED) is 0.868. The zero-order valence-corrected chi connectivity index (χ0v) is 16.5. The number of fused-ring (bicyclic) bond motifs is 1. The van der Waals surface area contributed by atoms with Crippen LogP contribution in [0.3, 0.4) is 0 Å². The fourth-order valence-corrected chi connectivity index (χ4v) is 3.19. The van der Waals surface area contributed by atoms with Crippen LogP contribution >= 0.6 is 0 Å². The van der Waals surface area contributed by atoms with Gasteiger partial charge in [-0.15, -0.1) is 0 Å². The molecule has 0 aromatic carbocycles. The molecule has 1 saturated heterocycles. The molecule has 0 spiro atoms. The third kappa shape index (κ3) is 4.37. The summed E-state index contributed by atoms with van der Waals surface area (Å²) >= 11 is 0. The highest BCUT2D eigenvalue weighted by molar-refractivity contribution is 6.06. The van der Waals surface area contributed by atoms with Gasteiger partial charge in [0.05, 0.1) is 16.6 Å². The summed E-state index contributed by atoms with van der Waals surface area (Å²) in [5.74, 6) is -0.174. The number of hydrogen-bond acceptors (Lipinski definition) is 6. The molecule has 0 bridgehead atoms. The van der Waals surface area contributed by atoms with Gasteiger partial charge in [-0.05, 0) is 53.5 Å². The van der Waals surface area contributed by atoms with Crippen molar-refractivity contribution in [3.05, 3.63) is 23.0 Å². The molecule has 1 aliphatic rings. The normalized spacial score (nSPS) is 15.8. The predicted molar refractivity (Wildman–Crippen MR) is 99.6 cm³/mol. The minimum absolute atomic E-state index is 0.000116. The van der Waals surface area contributed by atoms with Gasteiger partial charge in [-0.1, -0.05) is 5.16 Å². The molecule has 2 amide bonds. The summed E-state index contributed by atoms with van der Waals surface area (Å²) in [5.41, 5.74) is 1.72. The van der Waals surface area contributed by atoms with Crippen LogP contribution in [-0.2, 0) is 4.74 Å². The lowest BCUT2D eigenvalue weighted by atomic mass is 10.0. The first kappa shape index (κ1) is 19.1. The van der Waals surface area contributed by atoms with Gasteiger partial charge in [-0.25, -0.2) is 9.78 Å². The summed E-state index contributed by atoms with van der Waals surface area (Å²) in [6.07, 6.45) is 1.06. The smallest absolute Gasteiger partial charge is 0.410 e. The minimum Gasteiger partial charge on any atom is -0.444 e. The van der Waals surface area contributed by atoms with Crippen molar-refractivity contribution in [2.75, 3.05) is 13.1 Å². The summed E-state index contributed by atoms with van der Waals surface area (Å²) in [6.45, 7) is 10.3. The number of carbonyl (C=O) groups excluding carboxylic acids is 2. The molecule has 0 radical (unpaired) electrons. The molecule has 0 atom stereocenters. The standard InChI is InChI=1S/C19H26N4O4/c1-11-10-14(15-12(2)22-27-17(15)20-11)16(24)21-13-6-8-23(9-7-13)18(25)26-19(3,4)5/h10,13H,6-9H2,1-5H3,(H,21,24). The number of amides is 2. The molecular formula is C19H26N4O4. The third-order valence-electron chi connectivity index (χ3n) is 4.47. The summed E-state index contributed by atoms with van der Waals surface area (Å²) in [5, 5.41) is 7.62. The van der Waals surface area contributed by atoms with Gasteiger partial charge in [-0.2, -0.15) is 0 Å². The maximum Gasteiger partial charge on any atom is 0.410 e. The second kappa shape index (κ2) is 7.17. The van der Waals surface area contributed by atoms with Crippen LogP contribution in [0.1, 0.15) is 55.4 Å². The number of nitrogens with zero attached hydrogens (tertiary/aromatic N) is 3. The lowest BCUT2D eigenvalue weighted by molar-refractivity contribution is 0.0199. The fourth-order valence-electron chi connectivity index (χ4n) is 3.19. The number of hydrogen-bond donors (Lipinski definition) is 1. The van der Waals surface area contributed by atoms with Crippen molar-refractivity contribution in [3.63, 3.8) is 0 Å². The van der Waals surface area contributed by atoms with Gasteiger partial charge < -0.3 is 19.5 Å². The maximum atomic E-state index is 12.8. The van der Waals surface area contributed by atoms with Crippen LogP contribution in [-0.4, -0.2) is 51.8 Å². The number of nitrogens with one attached hydrogen (secondary N) is 1. The number of pyridine rings is 1. The predicted octanol–water partition coefficient (Wildman–Crippen LogP) is 2.97.